The van der Waals surface area contributed by atoms with Crippen LogP contribution in [0.5, 0.6) is 0 Å². The van der Waals surface area contributed by atoms with Crippen molar-refractivity contribution in [3.63, 3.8) is 0 Å². The van der Waals surface area contributed by atoms with Gasteiger partial charge in [0.1, 0.15) is 5.82 Å². The van der Waals surface area contributed by atoms with Crippen LogP contribution in [0.2, 0.25) is 5.02 Å². The van der Waals surface area contributed by atoms with E-state index in [4.69, 9.17) is 17.4 Å². The van der Waals surface area contributed by atoms with Crippen molar-refractivity contribution in [2.75, 3.05) is 0 Å². The first-order valence-corrected chi connectivity index (χ1v) is 6.45. The molecule has 100 valence electrons. The van der Waals surface area contributed by atoms with Gasteiger partial charge in [0.2, 0.25) is 0 Å². The van der Waals surface area contributed by atoms with E-state index >= 15 is 0 Å². The van der Waals surface area contributed by atoms with E-state index in [0.717, 1.165) is 5.56 Å². The molecule has 3 N–H and O–H groups in total. The molecule has 4 heteroatoms. The molecule has 0 amide bonds. The van der Waals surface area contributed by atoms with Gasteiger partial charge < -0.3 is 0 Å². The highest BCUT2D eigenvalue weighted by Gasteiger charge is 2.16. The molecule has 2 aromatic carbocycles. The molecule has 0 heterocycles. The summed E-state index contributed by atoms with van der Waals surface area (Å²) in [6, 6.07) is 12.7. The van der Waals surface area contributed by atoms with Crippen LogP contribution in [0.25, 0.3) is 0 Å². The summed E-state index contributed by atoms with van der Waals surface area (Å²) in [6.07, 6.45) is 0.653. The van der Waals surface area contributed by atoms with Gasteiger partial charge in [-0.2, -0.15) is 0 Å². The van der Waals surface area contributed by atoms with Gasteiger partial charge in [0, 0.05) is 0 Å². The molecule has 0 radical (unpaired) electrons. The third-order valence-corrected chi connectivity index (χ3v) is 3.52. The van der Waals surface area contributed by atoms with Gasteiger partial charge in [0.05, 0.1) is 11.1 Å². The van der Waals surface area contributed by atoms with Crippen LogP contribution in [0, 0.1) is 12.7 Å². The lowest BCUT2D eigenvalue weighted by atomic mass is 9.98. The number of nitrogens with two attached hydrogens (primary N) is 1. The molecule has 2 rings (SSSR count). The second-order valence-electron chi connectivity index (χ2n) is 4.55. The van der Waals surface area contributed by atoms with Crippen molar-refractivity contribution in [2.45, 2.75) is 19.4 Å². The van der Waals surface area contributed by atoms with Crippen molar-refractivity contribution in [3.05, 3.63) is 70.0 Å². The molecule has 0 bridgehead atoms. The number of hydrogen-bond acceptors (Lipinski definition) is 2. The minimum Gasteiger partial charge on any atom is -0.271 e. The Balaban J connectivity index is 2.25. The Kier molecular flexibility index (Phi) is 4.53. The van der Waals surface area contributed by atoms with Gasteiger partial charge in [-0.15, -0.1) is 0 Å². The molecule has 0 spiro atoms. The predicted octanol–water partition coefficient (Wildman–Crippen LogP) is 3.53. The van der Waals surface area contributed by atoms with Gasteiger partial charge in [-0.25, -0.2) is 4.39 Å². The fourth-order valence-corrected chi connectivity index (χ4v) is 2.27. The minimum absolute atomic E-state index is 0.123. The smallest absolute Gasteiger partial charge is 0.142 e. The molecule has 0 saturated heterocycles. The summed E-state index contributed by atoms with van der Waals surface area (Å²) >= 11 is 5.99. The first-order valence-electron chi connectivity index (χ1n) is 6.07. The van der Waals surface area contributed by atoms with Gasteiger partial charge in [-0.1, -0.05) is 53.6 Å². The molecule has 0 aliphatic carbocycles. The zero-order valence-electron chi connectivity index (χ0n) is 10.7. The van der Waals surface area contributed by atoms with Crippen LogP contribution in [0.4, 0.5) is 4.39 Å². The fourth-order valence-electron chi connectivity index (χ4n) is 2.01. The first kappa shape index (κ1) is 14.0. The van der Waals surface area contributed by atoms with Crippen LogP contribution in [0.3, 0.4) is 0 Å². The van der Waals surface area contributed by atoms with Crippen molar-refractivity contribution < 1.29 is 4.39 Å². The van der Waals surface area contributed by atoms with E-state index in [1.807, 2.05) is 31.2 Å². The third-order valence-electron chi connectivity index (χ3n) is 3.12. The number of halogens is 2. The summed E-state index contributed by atoms with van der Waals surface area (Å²) in [4.78, 5) is 0. The monoisotopic (exact) mass is 278 g/mol. The van der Waals surface area contributed by atoms with Crippen molar-refractivity contribution >= 4 is 11.6 Å². The molecule has 19 heavy (non-hydrogen) atoms. The average molecular weight is 279 g/mol. The highest BCUT2D eigenvalue weighted by molar-refractivity contribution is 6.31. The molecular formula is C15H16ClFN2. The Bertz CT molecular complexity index is 555. The average Bonchev–Trinajstić information content (AvgIpc) is 2.42. The SMILES string of the molecule is Cc1ccc(CC(NN)c2cccc(F)c2Cl)cc1. The summed E-state index contributed by atoms with van der Waals surface area (Å²) in [5, 5.41) is 0.123. The van der Waals surface area contributed by atoms with E-state index in [-0.39, 0.29) is 11.1 Å². The summed E-state index contributed by atoms with van der Waals surface area (Å²) < 4.78 is 13.5. The van der Waals surface area contributed by atoms with Crippen molar-refractivity contribution in [3.8, 4) is 0 Å². The fraction of sp³-hybridized carbons (Fsp3) is 0.200. The Morgan fingerprint density at radius 2 is 1.89 bits per heavy atom. The van der Waals surface area contributed by atoms with E-state index in [1.165, 1.54) is 11.6 Å². The molecule has 1 atom stereocenters. The number of aryl methyl sites for hydroxylation is 1. The summed E-state index contributed by atoms with van der Waals surface area (Å²) in [7, 11) is 0. The second-order valence-corrected chi connectivity index (χ2v) is 4.93. The topological polar surface area (TPSA) is 38.0 Å². The Hall–Kier alpha value is -1.42. The number of nitrogens with one attached hydrogen (secondary N) is 1. The molecular weight excluding hydrogens is 263 g/mol. The predicted molar refractivity (Wildman–Crippen MR) is 76.4 cm³/mol. The van der Waals surface area contributed by atoms with Crippen LogP contribution < -0.4 is 11.3 Å². The molecule has 2 nitrogen and oxygen atoms in total. The van der Waals surface area contributed by atoms with E-state index in [0.29, 0.717) is 12.0 Å². The zero-order valence-corrected chi connectivity index (χ0v) is 11.4. The molecule has 0 aliphatic heterocycles. The standard InChI is InChI=1S/C15H16ClFN2/c1-10-5-7-11(8-6-10)9-14(19-18)12-3-2-4-13(17)15(12)16/h2-8,14,19H,9,18H2,1H3. The molecule has 0 fully saturated rings. The molecule has 2 aromatic rings. The number of rotatable bonds is 4. The van der Waals surface area contributed by atoms with E-state index in [2.05, 4.69) is 5.43 Å². The van der Waals surface area contributed by atoms with Crippen LogP contribution in [0.1, 0.15) is 22.7 Å². The maximum Gasteiger partial charge on any atom is 0.142 e. The molecule has 0 saturated carbocycles. The van der Waals surface area contributed by atoms with Crippen molar-refractivity contribution in [2.24, 2.45) is 5.84 Å². The largest absolute Gasteiger partial charge is 0.271 e. The highest BCUT2D eigenvalue weighted by atomic mass is 35.5. The lowest BCUT2D eigenvalue weighted by Crippen LogP contribution is -2.30. The number of hydrogen-bond donors (Lipinski definition) is 2. The lowest BCUT2D eigenvalue weighted by Gasteiger charge is -2.18. The Morgan fingerprint density at radius 1 is 1.21 bits per heavy atom. The van der Waals surface area contributed by atoms with Gasteiger partial charge in [-0.3, -0.25) is 11.3 Å². The minimum atomic E-state index is -0.427. The third kappa shape index (κ3) is 3.32. The van der Waals surface area contributed by atoms with Crippen molar-refractivity contribution in [1.29, 1.82) is 0 Å². The quantitative estimate of drug-likeness (QED) is 0.663. The van der Waals surface area contributed by atoms with Crippen LogP contribution in [-0.2, 0) is 6.42 Å². The van der Waals surface area contributed by atoms with Crippen LogP contribution >= 0.6 is 11.6 Å². The van der Waals surface area contributed by atoms with Gasteiger partial charge in [0.15, 0.2) is 0 Å². The molecule has 1 unspecified atom stereocenters. The number of benzene rings is 2. The summed E-state index contributed by atoms with van der Waals surface area (Å²) in [6.45, 7) is 2.03. The second kappa shape index (κ2) is 6.15. The van der Waals surface area contributed by atoms with E-state index in [1.54, 1.807) is 12.1 Å². The van der Waals surface area contributed by atoms with Crippen molar-refractivity contribution in [1.82, 2.24) is 5.43 Å². The van der Waals surface area contributed by atoms with E-state index in [9.17, 15) is 4.39 Å². The highest BCUT2D eigenvalue weighted by Crippen LogP contribution is 2.27. The number of hydrazine groups is 1. The van der Waals surface area contributed by atoms with Crippen LogP contribution in [-0.4, -0.2) is 0 Å². The van der Waals surface area contributed by atoms with Gasteiger partial charge >= 0.3 is 0 Å². The normalized spacial score (nSPS) is 12.4. The molecule has 0 aliphatic rings. The van der Waals surface area contributed by atoms with Gasteiger partial charge in [-0.05, 0) is 30.5 Å². The first-order chi connectivity index (χ1) is 9.11. The molecule has 0 aromatic heterocycles. The van der Waals surface area contributed by atoms with E-state index < -0.39 is 5.82 Å². The maximum absolute atomic E-state index is 13.5. The van der Waals surface area contributed by atoms with Crippen LogP contribution in [0.15, 0.2) is 42.5 Å². The summed E-state index contributed by atoms with van der Waals surface area (Å²) in [5.41, 5.74) is 5.69. The lowest BCUT2D eigenvalue weighted by molar-refractivity contribution is 0.545. The summed E-state index contributed by atoms with van der Waals surface area (Å²) in [5.74, 6) is 5.14. The van der Waals surface area contributed by atoms with Gasteiger partial charge in [0.25, 0.3) is 0 Å². The maximum atomic E-state index is 13.5. The Morgan fingerprint density at radius 3 is 2.53 bits per heavy atom. The Labute approximate surface area is 117 Å². The zero-order chi connectivity index (χ0) is 13.8.